The van der Waals surface area contributed by atoms with Crippen molar-refractivity contribution >= 4 is 39.9 Å². The van der Waals surface area contributed by atoms with E-state index in [0.29, 0.717) is 29.0 Å². The van der Waals surface area contributed by atoms with Crippen molar-refractivity contribution in [3.8, 4) is 17.3 Å². The van der Waals surface area contributed by atoms with E-state index >= 15 is 0 Å². The molecule has 2 aromatic heterocycles. The zero-order chi connectivity index (χ0) is 21.5. The number of nitrogens with one attached hydrogen (secondary N) is 3. The van der Waals surface area contributed by atoms with E-state index in [1.54, 1.807) is 6.07 Å². The molecule has 1 atom stereocenters. The second-order valence-corrected chi connectivity index (χ2v) is 7.68. The summed E-state index contributed by atoms with van der Waals surface area (Å²) >= 11 is 6.19. The predicted octanol–water partition coefficient (Wildman–Crippen LogP) is 4.47. The summed E-state index contributed by atoms with van der Waals surface area (Å²) < 4.78 is 14.4. The maximum Gasteiger partial charge on any atom is 0.227 e. The number of aromatic hydroxyl groups is 1. The van der Waals surface area contributed by atoms with Crippen molar-refractivity contribution in [3.63, 3.8) is 0 Å². The molecule has 0 bridgehead atoms. The van der Waals surface area contributed by atoms with Crippen molar-refractivity contribution in [1.29, 1.82) is 0 Å². The third-order valence-corrected chi connectivity index (χ3v) is 5.65. The minimum Gasteiger partial charge on any atom is -0.494 e. The topological polar surface area (TPSA) is 103 Å². The molecule has 0 saturated carbocycles. The van der Waals surface area contributed by atoms with E-state index in [-0.39, 0.29) is 34.1 Å². The maximum absolute atomic E-state index is 14.4. The number of amides is 1. The normalized spacial score (nSPS) is 15.9. The fourth-order valence-electron chi connectivity index (χ4n) is 3.79. The zero-order valence-corrected chi connectivity index (χ0v) is 16.9. The average Bonchev–Trinajstić information content (AvgIpc) is 3.34. The third kappa shape index (κ3) is 3.44. The highest BCUT2D eigenvalue weighted by molar-refractivity contribution is 6.33. The quantitative estimate of drug-likeness (QED) is 0.377. The van der Waals surface area contributed by atoms with E-state index in [2.05, 4.69) is 25.6 Å². The molecule has 1 fully saturated rings. The Balaban J connectivity index is 1.55. The van der Waals surface area contributed by atoms with E-state index in [1.165, 1.54) is 18.3 Å². The van der Waals surface area contributed by atoms with Gasteiger partial charge in [0.2, 0.25) is 11.8 Å². The zero-order valence-electron chi connectivity index (χ0n) is 16.1. The van der Waals surface area contributed by atoms with Crippen LogP contribution in [0.15, 0.2) is 48.7 Å². The summed E-state index contributed by atoms with van der Waals surface area (Å²) in [7, 11) is 0. The Morgan fingerprint density at radius 3 is 2.68 bits per heavy atom. The van der Waals surface area contributed by atoms with Gasteiger partial charge in [-0.2, -0.15) is 0 Å². The van der Waals surface area contributed by atoms with Crippen LogP contribution < -0.4 is 10.6 Å². The molecule has 4 N–H and O–H groups in total. The first-order valence-corrected chi connectivity index (χ1v) is 10.1. The number of aromatic amines is 1. The van der Waals surface area contributed by atoms with Crippen LogP contribution in [0, 0.1) is 5.82 Å². The lowest BCUT2D eigenvalue weighted by atomic mass is 9.97. The number of benzene rings is 2. The Morgan fingerprint density at radius 2 is 1.97 bits per heavy atom. The standard InChI is InChI=1S/C22H17ClFN5O2/c23-14-2-1-3-15(24)17(14)19-28-16-10-26-22(31)18(16)20(29-19)27-12-6-4-11(5-7-12)13-8-9-25-21(13)30/h1-7,10,13,26,31H,8-9H2,(H,25,30)(H,27,28,29). The van der Waals surface area contributed by atoms with Gasteiger partial charge in [0.25, 0.3) is 0 Å². The van der Waals surface area contributed by atoms with E-state index < -0.39 is 5.82 Å². The Labute approximate surface area is 181 Å². The summed E-state index contributed by atoms with van der Waals surface area (Å²) in [4.78, 5) is 23.4. The third-order valence-electron chi connectivity index (χ3n) is 5.33. The summed E-state index contributed by atoms with van der Waals surface area (Å²) in [5.74, 6) is -0.384. The molecule has 156 valence electrons. The molecule has 31 heavy (non-hydrogen) atoms. The summed E-state index contributed by atoms with van der Waals surface area (Å²) in [6, 6.07) is 11.8. The molecule has 1 unspecified atom stereocenters. The number of H-pyrrole nitrogens is 1. The van der Waals surface area contributed by atoms with Crippen LogP contribution in [0.1, 0.15) is 17.9 Å². The monoisotopic (exact) mass is 437 g/mol. The van der Waals surface area contributed by atoms with Crippen molar-refractivity contribution in [3.05, 3.63) is 65.1 Å². The van der Waals surface area contributed by atoms with Crippen LogP contribution in [-0.4, -0.2) is 32.5 Å². The second kappa shape index (κ2) is 7.55. The number of hydrogen-bond acceptors (Lipinski definition) is 5. The number of halogens is 2. The minimum absolute atomic E-state index is 0.0295. The van der Waals surface area contributed by atoms with Crippen molar-refractivity contribution < 1.29 is 14.3 Å². The van der Waals surface area contributed by atoms with Gasteiger partial charge >= 0.3 is 0 Å². The number of aromatic nitrogens is 3. The van der Waals surface area contributed by atoms with Crippen LogP contribution in [0.5, 0.6) is 5.88 Å². The first-order chi connectivity index (χ1) is 15.0. The van der Waals surface area contributed by atoms with E-state index in [0.717, 1.165) is 12.0 Å². The molecule has 0 radical (unpaired) electrons. The van der Waals surface area contributed by atoms with Gasteiger partial charge in [-0.05, 0) is 36.2 Å². The molecular weight excluding hydrogens is 421 g/mol. The number of carbonyl (C=O) groups excluding carboxylic acids is 1. The molecule has 4 aromatic rings. The average molecular weight is 438 g/mol. The van der Waals surface area contributed by atoms with Gasteiger partial charge in [0.15, 0.2) is 5.82 Å². The van der Waals surface area contributed by atoms with Gasteiger partial charge in [-0.15, -0.1) is 0 Å². The first kappa shape index (κ1) is 19.3. The molecule has 5 rings (SSSR count). The lowest BCUT2D eigenvalue weighted by Crippen LogP contribution is -2.17. The second-order valence-electron chi connectivity index (χ2n) is 7.27. The highest BCUT2D eigenvalue weighted by Gasteiger charge is 2.25. The highest BCUT2D eigenvalue weighted by atomic mass is 35.5. The molecule has 1 aliphatic heterocycles. The van der Waals surface area contributed by atoms with E-state index in [9.17, 15) is 14.3 Å². The van der Waals surface area contributed by atoms with Crippen LogP contribution >= 0.6 is 11.6 Å². The highest BCUT2D eigenvalue weighted by Crippen LogP contribution is 2.36. The molecule has 9 heteroatoms. The number of fused-ring (bicyclic) bond motifs is 1. The molecular formula is C22H17ClFN5O2. The van der Waals surface area contributed by atoms with Gasteiger partial charge in [0.05, 0.1) is 22.0 Å². The smallest absolute Gasteiger partial charge is 0.227 e. The van der Waals surface area contributed by atoms with Crippen molar-refractivity contribution in [1.82, 2.24) is 20.3 Å². The Morgan fingerprint density at radius 1 is 1.16 bits per heavy atom. The van der Waals surface area contributed by atoms with Crippen molar-refractivity contribution in [2.45, 2.75) is 12.3 Å². The summed E-state index contributed by atoms with van der Waals surface area (Å²) in [5.41, 5.74) is 2.10. The number of hydrogen-bond donors (Lipinski definition) is 4. The molecule has 3 heterocycles. The molecule has 1 amide bonds. The molecule has 1 saturated heterocycles. The molecule has 0 aliphatic carbocycles. The Hall–Kier alpha value is -3.65. The fourth-order valence-corrected chi connectivity index (χ4v) is 4.03. The van der Waals surface area contributed by atoms with Gasteiger partial charge in [0, 0.05) is 18.4 Å². The largest absolute Gasteiger partial charge is 0.494 e. The number of rotatable bonds is 4. The van der Waals surface area contributed by atoms with Gasteiger partial charge in [-0.25, -0.2) is 14.4 Å². The lowest BCUT2D eigenvalue weighted by Gasteiger charge is -2.12. The van der Waals surface area contributed by atoms with E-state index in [1.807, 2.05) is 24.3 Å². The molecule has 7 nitrogen and oxygen atoms in total. The summed E-state index contributed by atoms with van der Waals surface area (Å²) in [6.07, 6.45) is 2.28. The van der Waals surface area contributed by atoms with Crippen molar-refractivity contribution in [2.24, 2.45) is 0 Å². The van der Waals surface area contributed by atoms with Crippen LogP contribution in [0.25, 0.3) is 22.3 Å². The predicted molar refractivity (Wildman–Crippen MR) is 116 cm³/mol. The summed E-state index contributed by atoms with van der Waals surface area (Å²) in [6.45, 7) is 0.677. The lowest BCUT2D eigenvalue weighted by molar-refractivity contribution is -0.120. The minimum atomic E-state index is -0.545. The number of nitrogens with zero attached hydrogens (tertiary/aromatic N) is 2. The summed E-state index contributed by atoms with van der Waals surface area (Å²) in [5, 5.41) is 16.8. The molecule has 2 aromatic carbocycles. The van der Waals surface area contributed by atoms with E-state index in [4.69, 9.17) is 11.6 Å². The van der Waals surface area contributed by atoms with Gasteiger partial charge < -0.3 is 20.7 Å². The van der Waals surface area contributed by atoms with Gasteiger partial charge in [-0.1, -0.05) is 29.8 Å². The van der Waals surface area contributed by atoms with Crippen LogP contribution in [-0.2, 0) is 4.79 Å². The van der Waals surface area contributed by atoms with Crippen LogP contribution in [0.3, 0.4) is 0 Å². The van der Waals surface area contributed by atoms with Crippen LogP contribution in [0.4, 0.5) is 15.9 Å². The Bertz CT molecular complexity index is 1290. The van der Waals surface area contributed by atoms with Gasteiger partial charge in [-0.3, -0.25) is 4.79 Å². The number of carbonyl (C=O) groups is 1. The SMILES string of the molecule is O=C1NCCC1c1ccc(Nc2nc(-c3c(F)cccc3Cl)nc3c[nH]c(O)c23)cc1. The molecule has 0 spiro atoms. The molecule has 1 aliphatic rings. The fraction of sp³-hybridized carbons (Fsp3) is 0.136. The Kier molecular flexibility index (Phi) is 4.71. The van der Waals surface area contributed by atoms with Crippen molar-refractivity contribution in [2.75, 3.05) is 11.9 Å². The first-order valence-electron chi connectivity index (χ1n) is 9.68. The number of anilines is 2. The van der Waals surface area contributed by atoms with Crippen LogP contribution in [0.2, 0.25) is 5.02 Å². The van der Waals surface area contributed by atoms with Gasteiger partial charge in [0.1, 0.15) is 17.0 Å². The maximum atomic E-state index is 14.4.